The number of methoxy groups -OCH3 is 1. The first kappa shape index (κ1) is 23.0. The molecule has 168 valence electrons. The minimum Gasteiger partial charge on any atom is -0.380 e. The Bertz CT molecular complexity index is 1130. The zero-order valence-corrected chi connectivity index (χ0v) is 19.6. The van der Waals surface area contributed by atoms with Crippen molar-refractivity contribution in [1.29, 1.82) is 0 Å². The predicted molar refractivity (Wildman–Crippen MR) is 137 cm³/mol. The molecule has 1 aliphatic heterocycles. The van der Waals surface area contributed by atoms with Gasteiger partial charge in [-0.25, -0.2) is 0 Å². The summed E-state index contributed by atoms with van der Waals surface area (Å²) in [7, 11) is 1.68. The Labute approximate surface area is 200 Å². The van der Waals surface area contributed by atoms with Gasteiger partial charge in [-0.3, -0.25) is 14.7 Å². The second kappa shape index (κ2) is 11.6. The number of aliphatic imine (C=N–C) groups is 1. The van der Waals surface area contributed by atoms with Crippen molar-refractivity contribution in [1.82, 2.24) is 4.90 Å². The number of nitrogens with zero attached hydrogens (tertiary/aromatic N) is 2. The minimum atomic E-state index is 0.0250. The van der Waals surface area contributed by atoms with Gasteiger partial charge in [0.25, 0.3) is 5.91 Å². The molecule has 0 spiro atoms. The van der Waals surface area contributed by atoms with Gasteiger partial charge in [0.15, 0.2) is 5.17 Å². The van der Waals surface area contributed by atoms with Crippen LogP contribution in [0.5, 0.6) is 0 Å². The second-order valence-electron chi connectivity index (χ2n) is 7.92. The van der Waals surface area contributed by atoms with Gasteiger partial charge < -0.3 is 4.74 Å². The lowest BCUT2D eigenvalue weighted by molar-refractivity contribution is -0.122. The fourth-order valence-corrected chi connectivity index (χ4v) is 4.74. The monoisotopic (exact) mass is 456 g/mol. The van der Waals surface area contributed by atoms with E-state index in [9.17, 15) is 4.79 Å². The molecule has 1 amide bonds. The standard InChI is InChI=1S/C28H28N2O2S/c1-32-21-25-15-8-14-24(18-25)19-26-27(31)30(17-9-16-22-10-4-2-5-11-22)28(33-26)29-20-23-12-6-3-7-13-23/h2-8,10-15,18-19H,9,16-17,20-21H2,1H3. The van der Waals surface area contributed by atoms with Gasteiger partial charge in [0.05, 0.1) is 18.1 Å². The maximum atomic E-state index is 13.3. The molecule has 0 saturated carbocycles. The lowest BCUT2D eigenvalue weighted by Gasteiger charge is -2.15. The molecule has 4 rings (SSSR count). The SMILES string of the molecule is COCc1cccc(C=C2SC(=NCc3ccccc3)N(CCCc3ccccc3)C2=O)c1. The first-order valence-electron chi connectivity index (χ1n) is 11.1. The van der Waals surface area contributed by atoms with Gasteiger partial charge in [-0.1, -0.05) is 78.9 Å². The Morgan fingerprint density at radius 2 is 1.61 bits per heavy atom. The normalized spacial score (nSPS) is 16.2. The molecule has 33 heavy (non-hydrogen) atoms. The zero-order chi connectivity index (χ0) is 22.9. The number of rotatable bonds is 9. The van der Waals surface area contributed by atoms with Crippen LogP contribution in [0.25, 0.3) is 6.08 Å². The van der Waals surface area contributed by atoms with E-state index in [2.05, 4.69) is 42.5 Å². The van der Waals surface area contributed by atoms with Gasteiger partial charge in [0.2, 0.25) is 0 Å². The van der Waals surface area contributed by atoms with Crippen molar-refractivity contribution in [3.8, 4) is 0 Å². The maximum Gasteiger partial charge on any atom is 0.266 e. The molecule has 0 atom stereocenters. The molecule has 0 radical (unpaired) electrons. The van der Waals surface area contributed by atoms with E-state index in [-0.39, 0.29) is 5.91 Å². The first-order chi connectivity index (χ1) is 16.2. The average molecular weight is 457 g/mol. The van der Waals surface area contributed by atoms with Crippen LogP contribution < -0.4 is 0 Å². The van der Waals surface area contributed by atoms with Gasteiger partial charge in [-0.15, -0.1) is 0 Å². The number of amides is 1. The molecule has 0 aromatic heterocycles. The van der Waals surface area contributed by atoms with Crippen molar-refractivity contribution in [2.24, 2.45) is 4.99 Å². The van der Waals surface area contributed by atoms with Gasteiger partial charge in [0.1, 0.15) is 0 Å². The fourth-order valence-electron chi connectivity index (χ4n) is 3.74. The van der Waals surface area contributed by atoms with E-state index in [0.29, 0.717) is 24.6 Å². The third-order valence-electron chi connectivity index (χ3n) is 5.38. The van der Waals surface area contributed by atoms with Gasteiger partial charge in [0, 0.05) is 13.7 Å². The van der Waals surface area contributed by atoms with E-state index in [1.807, 2.05) is 53.4 Å². The molecule has 5 heteroatoms. The molecule has 1 heterocycles. The van der Waals surface area contributed by atoms with Gasteiger partial charge in [-0.2, -0.15) is 0 Å². The average Bonchev–Trinajstić information content (AvgIpc) is 3.14. The summed E-state index contributed by atoms with van der Waals surface area (Å²) in [5.41, 5.74) is 4.49. The van der Waals surface area contributed by atoms with Gasteiger partial charge in [-0.05, 0) is 59.0 Å². The highest BCUT2D eigenvalue weighted by atomic mass is 32.2. The molecule has 4 nitrogen and oxygen atoms in total. The summed E-state index contributed by atoms with van der Waals surface area (Å²) in [6, 6.07) is 28.6. The summed E-state index contributed by atoms with van der Waals surface area (Å²) in [5.74, 6) is 0.0250. The molecule has 3 aromatic rings. The summed E-state index contributed by atoms with van der Waals surface area (Å²) in [6.45, 7) is 1.76. The van der Waals surface area contributed by atoms with Crippen molar-refractivity contribution >= 4 is 28.9 Å². The summed E-state index contributed by atoms with van der Waals surface area (Å²) in [4.78, 5) is 20.7. The minimum absolute atomic E-state index is 0.0250. The van der Waals surface area contributed by atoms with Crippen LogP contribution in [-0.4, -0.2) is 29.6 Å². The number of carbonyl (C=O) groups excluding carboxylic acids is 1. The Hall–Kier alpha value is -3.15. The van der Waals surface area contributed by atoms with Crippen molar-refractivity contribution in [3.63, 3.8) is 0 Å². The molecule has 3 aromatic carbocycles. The number of hydrogen-bond acceptors (Lipinski definition) is 4. The van der Waals surface area contributed by atoms with Crippen molar-refractivity contribution in [2.45, 2.75) is 26.0 Å². The third-order valence-corrected chi connectivity index (χ3v) is 6.42. The van der Waals surface area contributed by atoms with E-state index in [1.54, 1.807) is 7.11 Å². The molecule has 1 saturated heterocycles. The number of aryl methyl sites for hydroxylation is 1. The van der Waals surface area contributed by atoms with Crippen molar-refractivity contribution in [2.75, 3.05) is 13.7 Å². The van der Waals surface area contributed by atoms with Crippen LogP contribution in [0.4, 0.5) is 0 Å². The highest BCUT2D eigenvalue weighted by Crippen LogP contribution is 2.33. The van der Waals surface area contributed by atoms with E-state index in [4.69, 9.17) is 9.73 Å². The first-order valence-corrected chi connectivity index (χ1v) is 12.0. The van der Waals surface area contributed by atoms with E-state index >= 15 is 0 Å². The largest absolute Gasteiger partial charge is 0.380 e. The van der Waals surface area contributed by atoms with Crippen molar-refractivity contribution < 1.29 is 9.53 Å². The molecule has 0 aliphatic carbocycles. The zero-order valence-electron chi connectivity index (χ0n) is 18.8. The van der Waals surface area contributed by atoms with Crippen LogP contribution in [0.15, 0.2) is 94.8 Å². The Kier molecular flexibility index (Phi) is 8.12. The molecule has 0 unspecified atom stereocenters. The third kappa shape index (κ3) is 6.44. The number of hydrogen-bond donors (Lipinski definition) is 0. The number of carbonyl (C=O) groups is 1. The summed E-state index contributed by atoms with van der Waals surface area (Å²) >= 11 is 1.46. The quantitative estimate of drug-likeness (QED) is 0.374. The smallest absolute Gasteiger partial charge is 0.266 e. The molecule has 1 aliphatic rings. The molecule has 0 N–H and O–H groups in total. The van der Waals surface area contributed by atoms with Crippen LogP contribution >= 0.6 is 11.8 Å². The van der Waals surface area contributed by atoms with E-state index in [0.717, 1.165) is 34.7 Å². The fraction of sp³-hybridized carbons (Fsp3) is 0.214. The molecular weight excluding hydrogens is 428 g/mol. The van der Waals surface area contributed by atoms with Crippen LogP contribution in [0, 0.1) is 0 Å². The second-order valence-corrected chi connectivity index (χ2v) is 8.93. The van der Waals surface area contributed by atoms with Gasteiger partial charge >= 0.3 is 0 Å². The van der Waals surface area contributed by atoms with Crippen LogP contribution in [-0.2, 0) is 29.1 Å². The topological polar surface area (TPSA) is 41.9 Å². The number of ether oxygens (including phenoxy) is 1. The van der Waals surface area contributed by atoms with Crippen molar-refractivity contribution in [3.05, 3.63) is 112 Å². The highest BCUT2D eigenvalue weighted by molar-refractivity contribution is 8.18. The van der Waals surface area contributed by atoms with Crippen LogP contribution in [0.3, 0.4) is 0 Å². The van der Waals surface area contributed by atoms with E-state index in [1.165, 1.54) is 17.3 Å². The molecule has 1 fully saturated rings. The summed E-state index contributed by atoms with van der Waals surface area (Å²) in [5, 5.41) is 0.774. The van der Waals surface area contributed by atoms with E-state index < -0.39 is 0 Å². The highest BCUT2D eigenvalue weighted by Gasteiger charge is 2.32. The number of benzene rings is 3. The number of thioether (sulfide) groups is 1. The lowest BCUT2D eigenvalue weighted by atomic mass is 10.1. The van der Waals surface area contributed by atoms with Crippen LogP contribution in [0.2, 0.25) is 0 Å². The molecule has 0 bridgehead atoms. The Morgan fingerprint density at radius 1 is 0.909 bits per heavy atom. The summed E-state index contributed by atoms with van der Waals surface area (Å²) < 4.78 is 5.24. The molecular formula is C28H28N2O2S. The van der Waals surface area contributed by atoms with Crippen LogP contribution in [0.1, 0.15) is 28.7 Å². The number of amidine groups is 1. The maximum absolute atomic E-state index is 13.3. The lowest BCUT2D eigenvalue weighted by Crippen LogP contribution is -2.30. The summed E-state index contributed by atoms with van der Waals surface area (Å²) in [6.07, 6.45) is 3.78. The Balaban J connectivity index is 1.53. The predicted octanol–water partition coefficient (Wildman–Crippen LogP) is 5.94. The Morgan fingerprint density at radius 3 is 2.33 bits per heavy atom.